The number of likely N-dealkylation sites (tertiary alicyclic amines) is 1. The van der Waals surface area contributed by atoms with Crippen LogP contribution in [-0.4, -0.2) is 52.5 Å². The molecule has 0 unspecified atom stereocenters. The van der Waals surface area contributed by atoms with Crippen molar-refractivity contribution in [1.29, 1.82) is 0 Å². The van der Waals surface area contributed by atoms with E-state index in [1.54, 1.807) is 4.68 Å². The van der Waals surface area contributed by atoms with Crippen LogP contribution in [0.3, 0.4) is 0 Å². The van der Waals surface area contributed by atoms with Gasteiger partial charge >= 0.3 is 0 Å². The second-order valence-corrected chi connectivity index (χ2v) is 6.73. The molecule has 1 aromatic carbocycles. The lowest BCUT2D eigenvalue weighted by Gasteiger charge is -2.28. The molecule has 1 saturated heterocycles. The predicted molar refractivity (Wildman–Crippen MR) is 93.4 cm³/mol. The highest BCUT2D eigenvalue weighted by molar-refractivity contribution is 5.93. The second-order valence-electron chi connectivity index (χ2n) is 6.73. The molecule has 1 aliphatic heterocycles. The molecule has 1 amide bonds. The van der Waals surface area contributed by atoms with Gasteiger partial charge in [0.2, 0.25) is 0 Å². The van der Waals surface area contributed by atoms with Crippen molar-refractivity contribution in [1.82, 2.24) is 25.2 Å². The van der Waals surface area contributed by atoms with E-state index in [-0.39, 0.29) is 5.91 Å². The molecule has 0 saturated carbocycles. The Bertz CT molecular complexity index is 699. The number of benzene rings is 1. The SMILES string of the molecule is Cc1ccc(-n2nnc(C(=O)NCC3CCN(C)CC3)c2C)cc1. The summed E-state index contributed by atoms with van der Waals surface area (Å²) in [5.74, 6) is 0.419. The molecule has 1 aliphatic rings. The van der Waals surface area contributed by atoms with Crippen LogP contribution in [0.4, 0.5) is 0 Å². The lowest BCUT2D eigenvalue weighted by Crippen LogP contribution is -2.37. The summed E-state index contributed by atoms with van der Waals surface area (Å²) >= 11 is 0. The van der Waals surface area contributed by atoms with Gasteiger partial charge in [-0.2, -0.15) is 0 Å². The standard InChI is InChI=1S/C18H25N5O/c1-13-4-6-16(7-5-13)23-14(2)17(20-21-23)18(24)19-12-15-8-10-22(3)11-9-15/h4-7,15H,8-12H2,1-3H3,(H,19,24). The van der Waals surface area contributed by atoms with Crippen LogP contribution in [0.2, 0.25) is 0 Å². The van der Waals surface area contributed by atoms with Crippen LogP contribution in [0.15, 0.2) is 24.3 Å². The number of hydrogen-bond donors (Lipinski definition) is 1. The molecule has 1 aromatic heterocycles. The Balaban J connectivity index is 1.64. The highest BCUT2D eigenvalue weighted by atomic mass is 16.2. The number of aryl methyl sites for hydroxylation is 1. The summed E-state index contributed by atoms with van der Waals surface area (Å²) in [4.78, 5) is 14.8. The van der Waals surface area contributed by atoms with Crippen molar-refractivity contribution in [3.8, 4) is 5.69 Å². The maximum absolute atomic E-state index is 12.4. The molecule has 128 valence electrons. The minimum Gasteiger partial charge on any atom is -0.350 e. The number of aromatic nitrogens is 3. The highest BCUT2D eigenvalue weighted by Crippen LogP contribution is 2.16. The summed E-state index contributed by atoms with van der Waals surface area (Å²) in [5.41, 5.74) is 3.27. The number of piperidine rings is 1. The topological polar surface area (TPSA) is 63.1 Å². The van der Waals surface area contributed by atoms with Crippen LogP contribution in [0, 0.1) is 19.8 Å². The molecule has 24 heavy (non-hydrogen) atoms. The van der Waals surface area contributed by atoms with E-state index in [2.05, 4.69) is 27.6 Å². The summed E-state index contributed by atoms with van der Waals surface area (Å²) < 4.78 is 1.71. The van der Waals surface area contributed by atoms with Gasteiger partial charge in [0, 0.05) is 6.54 Å². The van der Waals surface area contributed by atoms with E-state index in [9.17, 15) is 4.79 Å². The van der Waals surface area contributed by atoms with Crippen LogP contribution in [0.1, 0.15) is 34.6 Å². The molecule has 1 N–H and O–H groups in total. The first-order chi connectivity index (χ1) is 11.5. The smallest absolute Gasteiger partial charge is 0.273 e. The van der Waals surface area contributed by atoms with E-state index in [0.717, 1.165) is 37.3 Å². The summed E-state index contributed by atoms with van der Waals surface area (Å²) in [6, 6.07) is 8.01. The largest absolute Gasteiger partial charge is 0.350 e. The van der Waals surface area contributed by atoms with Gasteiger partial charge in [0.25, 0.3) is 5.91 Å². The summed E-state index contributed by atoms with van der Waals surface area (Å²) in [6.45, 7) is 6.83. The van der Waals surface area contributed by atoms with E-state index in [0.29, 0.717) is 18.2 Å². The zero-order valence-electron chi connectivity index (χ0n) is 14.6. The molecule has 2 heterocycles. The van der Waals surface area contributed by atoms with Gasteiger partial charge in [-0.15, -0.1) is 5.10 Å². The lowest BCUT2D eigenvalue weighted by molar-refractivity contribution is 0.0933. The minimum absolute atomic E-state index is 0.134. The number of rotatable bonds is 4. The molecule has 0 spiro atoms. The lowest BCUT2D eigenvalue weighted by atomic mass is 9.97. The molecule has 6 nitrogen and oxygen atoms in total. The first-order valence-corrected chi connectivity index (χ1v) is 8.50. The van der Waals surface area contributed by atoms with Crippen LogP contribution >= 0.6 is 0 Å². The Morgan fingerprint density at radius 2 is 1.88 bits per heavy atom. The number of carbonyl (C=O) groups excluding carboxylic acids is 1. The molecule has 1 fully saturated rings. The summed E-state index contributed by atoms with van der Waals surface area (Å²) in [6.07, 6.45) is 2.26. The average Bonchev–Trinajstić information content (AvgIpc) is 2.96. The van der Waals surface area contributed by atoms with Gasteiger partial charge < -0.3 is 10.2 Å². The third-order valence-corrected chi connectivity index (χ3v) is 4.78. The normalized spacial score (nSPS) is 16.3. The minimum atomic E-state index is -0.134. The van der Waals surface area contributed by atoms with E-state index in [1.165, 1.54) is 5.56 Å². The van der Waals surface area contributed by atoms with Gasteiger partial charge in [-0.1, -0.05) is 22.9 Å². The van der Waals surface area contributed by atoms with Crippen molar-refractivity contribution >= 4 is 5.91 Å². The molecule has 0 radical (unpaired) electrons. The zero-order chi connectivity index (χ0) is 17.1. The molecule has 3 rings (SSSR count). The van der Waals surface area contributed by atoms with Crippen molar-refractivity contribution in [3.63, 3.8) is 0 Å². The van der Waals surface area contributed by atoms with Crippen LogP contribution in [0.25, 0.3) is 5.69 Å². The Kier molecular flexibility index (Phi) is 4.94. The molecule has 6 heteroatoms. The van der Waals surface area contributed by atoms with E-state index >= 15 is 0 Å². The molecule has 2 aromatic rings. The van der Waals surface area contributed by atoms with Crippen molar-refractivity contribution < 1.29 is 4.79 Å². The Labute approximate surface area is 142 Å². The Morgan fingerprint density at radius 1 is 1.21 bits per heavy atom. The van der Waals surface area contributed by atoms with Crippen molar-refractivity contribution in [2.75, 3.05) is 26.7 Å². The monoisotopic (exact) mass is 327 g/mol. The highest BCUT2D eigenvalue weighted by Gasteiger charge is 2.20. The number of nitrogens with zero attached hydrogens (tertiary/aromatic N) is 4. The van der Waals surface area contributed by atoms with Crippen molar-refractivity contribution in [2.45, 2.75) is 26.7 Å². The van der Waals surface area contributed by atoms with Gasteiger partial charge in [-0.25, -0.2) is 4.68 Å². The van der Waals surface area contributed by atoms with E-state index < -0.39 is 0 Å². The third-order valence-electron chi connectivity index (χ3n) is 4.78. The molecule has 0 atom stereocenters. The maximum Gasteiger partial charge on any atom is 0.273 e. The number of nitrogens with one attached hydrogen (secondary N) is 1. The summed E-state index contributed by atoms with van der Waals surface area (Å²) in [5, 5.41) is 11.2. The van der Waals surface area contributed by atoms with Crippen LogP contribution < -0.4 is 5.32 Å². The average molecular weight is 327 g/mol. The summed E-state index contributed by atoms with van der Waals surface area (Å²) in [7, 11) is 2.14. The van der Waals surface area contributed by atoms with Crippen LogP contribution in [0.5, 0.6) is 0 Å². The fourth-order valence-corrected chi connectivity index (χ4v) is 3.06. The van der Waals surface area contributed by atoms with E-state index in [1.807, 2.05) is 38.1 Å². The molecule has 0 bridgehead atoms. The van der Waals surface area contributed by atoms with Gasteiger partial charge in [0.1, 0.15) is 0 Å². The van der Waals surface area contributed by atoms with E-state index in [4.69, 9.17) is 0 Å². The molecular formula is C18H25N5O. The fraction of sp³-hybridized carbons (Fsp3) is 0.500. The third kappa shape index (κ3) is 3.64. The van der Waals surface area contributed by atoms with Crippen molar-refractivity contribution in [2.24, 2.45) is 5.92 Å². The first-order valence-electron chi connectivity index (χ1n) is 8.50. The van der Waals surface area contributed by atoms with Crippen molar-refractivity contribution in [3.05, 3.63) is 41.2 Å². The Hall–Kier alpha value is -2.21. The number of amides is 1. The second kappa shape index (κ2) is 7.13. The first kappa shape index (κ1) is 16.6. The zero-order valence-corrected chi connectivity index (χ0v) is 14.6. The number of carbonyl (C=O) groups is 1. The molecule has 0 aliphatic carbocycles. The van der Waals surface area contributed by atoms with Gasteiger partial charge in [0.05, 0.1) is 11.4 Å². The fourth-order valence-electron chi connectivity index (χ4n) is 3.06. The predicted octanol–water partition coefficient (Wildman–Crippen LogP) is 1.96. The van der Waals surface area contributed by atoms with Gasteiger partial charge in [0.15, 0.2) is 5.69 Å². The number of hydrogen-bond acceptors (Lipinski definition) is 4. The quantitative estimate of drug-likeness (QED) is 0.932. The van der Waals surface area contributed by atoms with Crippen LogP contribution in [-0.2, 0) is 0 Å². The Morgan fingerprint density at radius 3 is 2.54 bits per heavy atom. The maximum atomic E-state index is 12.4. The molecular weight excluding hydrogens is 302 g/mol. The van der Waals surface area contributed by atoms with Gasteiger partial charge in [-0.05, 0) is 64.9 Å². The van der Waals surface area contributed by atoms with Gasteiger partial charge in [-0.3, -0.25) is 4.79 Å².